The van der Waals surface area contributed by atoms with Crippen molar-refractivity contribution in [3.8, 4) is 5.75 Å². The lowest BCUT2D eigenvalue weighted by Gasteiger charge is -2.11. The van der Waals surface area contributed by atoms with Crippen LogP contribution < -0.4 is 10.6 Å². The van der Waals surface area contributed by atoms with Crippen LogP contribution in [-0.2, 0) is 13.0 Å². The summed E-state index contributed by atoms with van der Waals surface area (Å²) in [6.07, 6.45) is 2.62. The average molecular weight is 500 g/mol. The van der Waals surface area contributed by atoms with E-state index in [-0.39, 0.29) is 35.5 Å². The Kier molecular flexibility index (Phi) is 8.04. The third kappa shape index (κ3) is 5.57. The summed E-state index contributed by atoms with van der Waals surface area (Å²) >= 11 is 0. The highest BCUT2D eigenvalue weighted by molar-refractivity contribution is 14.0. The van der Waals surface area contributed by atoms with Crippen LogP contribution in [0.3, 0.4) is 0 Å². The first-order valence-electron chi connectivity index (χ1n) is 8.82. The number of nitrogens with one attached hydrogen (secondary N) is 3. The smallest absolute Gasteiger partial charge is 0.191 e. The zero-order chi connectivity index (χ0) is 19.2. The van der Waals surface area contributed by atoms with Gasteiger partial charge in [-0.1, -0.05) is 6.07 Å². The van der Waals surface area contributed by atoms with Gasteiger partial charge in [0.05, 0.1) is 6.54 Å². The van der Waals surface area contributed by atoms with Gasteiger partial charge in [-0.2, -0.15) is 0 Å². The molecule has 0 bridgehead atoms. The van der Waals surface area contributed by atoms with E-state index in [0.717, 1.165) is 22.9 Å². The summed E-state index contributed by atoms with van der Waals surface area (Å²) in [5.41, 5.74) is 2.54. The number of aromatic nitrogens is 1. The van der Waals surface area contributed by atoms with E-state index in [1.807, 2.05) is 13.1 Å². The minimum Gasteiger partial charge on any atom is -0.505 e. The molecule has 3 aromatic rings. The van der Waals surface area contributed by atoms with Crippen molar-refractivity contribution >= 4 is 40.8 Å². The van der Waals surface area contributed by atoms with Crippen molar-refractivity contribution < 1.29 is 13.9 Å². The summed E-state index contributed by atoms with van der Waals surface area (Å²) in [6.45, 7) is 3.59. The molecule has 4 N–H and O–H groups in total. The second-order valence-corrected chi connectivity index (χ2v) is 6.16. The monoisotopic (exact) mass is 500 g/mol. The molecule has 5 nitrogen and oxygen atoms in total. The van der Waals surface area contributed by atoms with Crippen LogP contribution in [0.25, 0.3) is 10.9 Å². The Morgan fingerprint density at radius 3 is 2.71 bits per heavy atom. The summed E-state index contributed by atoms with van der Waals surface area (Å²) in [6, 6.07) is 8.93. The van der Waals surface area contributed by atoms with E-state index in [1.165, 1.54) is 24.3 Å². The van der Waals surface area contributed by atoms with Gasteiger partial charge in [0.15, 0.2) is 17.5 Å². The number of halogens is 3. The van der Waals surface area contributed by atoms with E-state index < -0.39 is 5.82 Å². The molecule has 0 aliphatic rings. The maximum atomic E-state index is 13.4. The predicted molar refractivity (Wildman–Crippen MR) is 118 cm³/mol. The molecule has 3 rings (SSSR count). The number of rotatable bonds is 6. The van der Waals surface area contributed by atoms with Gasteiger partial charge >= 0.3 is 0 Å². The van der Waals surface area contributed by atoms with Crippen molar-refractivity contribution in [3.05, 3.63) is 65.4 Å². The number of hydrogen-bond donors (Lipinski definition) is 4. The Hall–Kier alpha value is -2.36. The van der Waals surface area contributed by atoms with E-state index in [4.69, 9.17) is 0 Å². The lowest BCUT2D eigenvalue weighted by Crippen LogP contribution is -2.38. The highest BCUT2D eigenvalue weighted by Crippen LogP contribution is 2.19. The van der Waals surface area contributed by atoms with Gasteiger partial charge in [-0.25, -0.2) is 13.8 Å². The molecule has 0 saturated heterocycles. The normalized spacial score (nSPS) is 11.3. The second-order valence-electron chi connectivity index (χ2n) is 6.16. The first-order valence-corrected chi connectivity index (χ1v) is 8.82. The SMILES string of the molecule is CCNC(=NCc1ccc(O)c(F)c1)NCCc1c[nH]c2cc(F)ccc12.I. The minimum atomic E-state index is -0.656. The predicted octanol–water partition coefficient (Wildman–Crippen LogP) is 4.07. The summed E-state index contributed by atoms with van der Waals surface area (Å²) in [5.74, 6) is -0.666. The third-order valence-electron chi connectivity index (χ3n) is 4.19. The van der Waals surface area contributed by atoms with E-state index in [0.29, 0.717) is 31.2 Å². The highest BCUT2D eigenvalue weighted by Gasteiger charge is 2.06. The molecule has 28 heavy (non-hydrogen) atoms. The Labute approximate surface area is 179 Å². The maximum Gasteiger partial charge on any atom is 0.191 e. The summed E-state index contributed by atoms with van der Waals surface area (Å²) in [7, 11) is 0. The molecule has 8 heteroatoms. The van der Waals surface area contributed by atoms with Gasteiger partial charge < -0.3 is 20.7 Å². The van der Waals surface area contributed by atoms with Crippen LogP contribution in [0, 0.1) is 11.6 Å². The van der Waals surface area contributed by atoms with Gasteiger partial charge in [-0.05, 0) is 54.8 Å². The first-order chi connectivity index (χ1) is 13.1. The molecule has 0 aliphatic carbocycles. The Balaban J connectivity index is 0.00000280. The Bertz CT molecular complexity index is 959. The van der Waals surface area contributed by atoms with Gasteiger partial charge in [0.25, 0.3) is 0 Å². The fourth-order valence-electron chi connectivity index (χ4n) is 2.84. The fourth-order valence-corrected chi connectivity index (χ4v) is 2.84. The van der Waals surface area contributed by atoms with Crippen molar-refractivity contribution in [2.24, 2.45) is 4.99 Å². The quantitative estimate of drug-likeness (QED) is 0.234. The Morgan fingerprint density at radius 1 is 1.14 bits per heavy atom. The molecule has 150 valence electrons. The van der Waals surface area contributed by atoms with Crippen LogP contribution in [-0.4, -0.2) is 29.1 Å². The second kappa shape index (κ2) is 10.3. The third-order valence-corrected chi connectivity index (χ3v) is 4.19. The van der Waals surface area contributed by atoms with Crippen molar-refractivity contribution in [1.82, 2.24) is 15.6 Å². The molecule has 0 amide bonds. The topological polar surface area (TPSA) is 72.4 Å². The number of aromatic hydroxyl groups is 1. The van der Waals surface area contributed by atoms with E-state index in [1.54, 1.807) is 12.1 Å². The molecule has 0 fully saturated rings. The highest BCUT2D eigenvalue weighted by atomic mass is 127. The molecule has 0 radical (unpaired) electrons. The van der Waals surface area contributed by atoms with E-state index in [9.17, 15) is 13.9 Å². The van der Waals surface area contributed by atoms with Crippen molar-refractivity contribution in [3.63, 3.8) is 0 Å². The number of hydrogen-bond acceptors (Lipinski definition) is 2. The van der Waals surface area contributed by atoms with Crippen LogP contribution in [0.15, 0.2) is 47.6 Å². The average Bonchev–Trinajstić information content (AvgIpc) is 3.04. The molecule has 0 spiro atoms. The number of phenols is 1. The number of aromatic amines is 1. The number of phenolic OH excluding ortho intramolecular Hbond substituents is 1. The fraction of sp³-hybridized carbons (Fsp3) is 0.250. The number of fused-ring (bicyclic) bond motifs is 1. The Morgan fingerprint density at radius 2 is 1.96 bits per heavy atom. The lowest BCUT2D eigenvalue weighted by molar-refractivity contribution is 0.432. The molecular weight excluding hydrogens is 477 g/mol. The standard InChI is InChI=1S/C20H22F2N4O.HI/c1-2-23-20(26-11-13-3-6-19(27)17(22)9-13)24-8-7-14-12-25-18-10-15(21)4-5-16(14)18;/h3-6,9-10,12,25,27H,2,7-8,11H2,1H3,(H2,23,24,26);1H. The molecule has 0 atom stereocenters. The zero-order valence-electron chi connectivity index (χ0n) is 15.4. The molecule has 0 saturated carbocycles. The number of guanidine groups is 1. The van der Waals surface area contributed by atoms with Crippen LogP contribution >= 0.6 is 24.0 Å². The number of H-pyrrole nitrogens is 1. The molecule has 1 heterocycles. The lowest BCUT2D eigenvalue weighted by atomic mass is 10.1. The van der Waals surface area contributed by atoms with E-state index in [2.05, 4.69) is 20.6 Å². The molecule has 2 aromatic carbocycles. The van der Waals surface area contributed by atoms with Gasteiger partial charge in [-0.3, -0.25) is 0 Å². The molecule has 0 unspecified atom stereocenters. The number of benzene rings is 2. The zero-order valence-corrected chi connectivity index (χ0v) is 17.8. The van der Waals surface area contributed by atoms with Crippen LogP contribution in [0.4, 0.5) is 8.78 Å². The molecule has 0 aliphatic heterocycles. The van der Waals surface area contributed by atoms with Crippen LogP contribution in [0.5, 0.6) is 5.75 Å². The summed E-state index contributed by atoms with van der Waals surface area (Å²) in [5, 5.41) is 16.6. The van der Waals surface area contributed by atoms with Crippen molar-refractivity contribution in [2.45, 2.75) is 19.9 Å². The minimum absolute atomic E-state index is 0. The molecular formula is C20H23F2IN4O. The van der Waals surface area contributed by atoms with Crippen LogP contribution in [0.2, 0.25) is 0 Å². The van der Waals surface area contributed by atoms with Crippen LogP contribution in [0.1, 0.15) is 18.1 Å². The van der Waals surface area contributed by atoms with Gasteiger partial charge in [0, 0.05) is 30.2 Å². The maximum absolute atomic E-state index is 13.4. The van der Waals surface area contributed by atoms with Gasteiger partial charge in [-0.15, -0.1) is 24.0 Å². The van der Waals surface area contributed by atoms with E-state index >= 15 is 0 Å². The van der Waals surface area contributed by atoms with Crippen molar-refractivity contribution in [1.29, 1.82) is 0 Å². The molecule has 1 aromatic heterocycles. The van der Waals surface area contributed by atoms with Gasteiger partial charge in [0.1, 0.15) is 5.82 Å². The summed E-state index contributed by atoms with van der Waals surface area (Å²) in [4.78, 5) is 7.52. The summed E-state index contributed by atoms with van der Waals surface area (Å²) < 4.78 is 26.7. The first kappa shape index (κ1) is 21.9. The number of nitrogens with zero attached hydrogens (tertiary/aromatic N) is 1. The largest absolute Gasteiger partial charge is 0.505 e. The van der Waals surface area contributed by atoms with Crippen molar-refractivity contribution in [2.75, 3.05) is 13.1 Å². The number of aliphatic imine (C=N–C) groups is 1. The van der Waals surface area contributed by atoms with Gasteiger partial charge in [0.2, 0.25) is 0 Å².